The van der Waals surface area contributed by atoms with E-state index in [1.165, 1.54) is 6.08 Å². The summed E-state index contributed by atoms with van der Waals surface area (Å²) in [7, 11) is 0. The van der Waals surface area contributed by atoms with Gasteiger partial charge < -0.3 is 23.7 Å². The van der Waals surface area contributed by atoms with Crippen molar-refractivity contribution in [1.29, 1.82) is 0 Å². The first kappa shape index (κ1) is 18.2. The Balaban J connectivity index is 2.21. The second-order valence-electron chi connectivity index (χ2n) is 5.78. The lowest BCUT2D eigenvalue weighted by atomic mass is 10.2. The lowest BCUT2D eigenvalue weighted by Gasteiger charge is -2.21. The predicted octanol–water partition coefficient (Wildman–Crippen LogP) is 1.99. The molecule has 0 aromatic rings. The molecule has 0 bridgehead atoms. The fraction of sp³-hybridized carbons (Fsp3) is 0.529. The van der Waals surface area contributed by atoms with E-state index >= 15 is 0 Å². The van der Waals surface area contributed by atoms with Crippen LogP contribution in [-0.2, 0) is 33.3 Å². The molecule has 7 heteroatoms. The third-order valence-electron chi connectivity index (χ3n) is 3.38. The fourth-order valence-electron chi connectivity index (χ4n) is 2.33. The van der Waals surface area contributed by atoms with Gasteiger partial charge in [-0.15, -0.1) is 13.2 Å². The normalized spacial score (nSPS) is 25.3. The van der Waals surface area contributed by atoms with Crippen molar-refractivity contribution in [2.45, 2.75) is 44.7 Å². The molecule has 2 rings (SSSR count). The zero-order chi connectivity index (χ0) is 17.7. The molecule has 0 spiro atoms. The van der Waals surface area contributed by atoms with E-state index in [0.717, 1.165) is 0 Å². The van der Waals surface area contributed by atoms with Gasteiger partial charge in [0.15, 0.2) is 17.7 Å². The van der Waals surface area contributed by atoms with Crippen molar-refractivity contribution in [1.82, 2.24) is 0 Å². The first-order chi connectivity index (χ1) is 11.4. The maximum absolute atomic E-state index is 12.1. The van der Waals surface area contributed by atoms with Gasteiger partial charge in [-0.05, 0) is 20.3 Å². The molecule has 2 aliphatic rings. The molecule has 0 aromatic carbocycles. The topological polar surface area (TPSA) is 80.3 Å². The van der Waals surface area contributed by atoms with Crippen LogP contribution < -0.4 is 0 Å². The largest absolute Gasteiger partial charge is 0.490 e. The number of ether oxygens (including phenoxy) is 5. The van der Waals surface area contributed by atoms with Gasteiger partial charge in [0, 0.05) is 0 Å². The number of carbonyl (C=O) groups is 2. The van der Waals surface area contributed by atoms with Crippen molar-refractivity contribution in [2.75, 3.05) is 13.2 Å². The van der Waals surface area contributed by atoms with E-state index < -0.39 is 29.9 Å². The van der Waals surface area contributed by atoms with Gasteiger partial charge in [-0.1, -0.05) is 12.2 Å². The number of carbonyl (C=O) groups excluding carboxylic acids is 2. The zero-order valence-corrected chi connectivity index (χ0v) is 13.9. The summed E-state index contributed by atoms with van der Waals surface area (Å²) in [5.41, 5.74) is 0. The summed E-state index contributed by atoms with van der Waals surface area (Å²) in [5, 5.41) is 0. The highest BCUT2D eigenvalue weighted by molar-refractivity contribution is 5.92. The van der Waals surface area contributed by atoms with Gasteiger partial charge in [-0.2, -0.15) is 0 Å². The standard InChI is InChI=1S/C17H22O7/c1-5-7-9-20-14-13(11-10-21-17(3,4)24-11)23-16(19)15(14)22-12(18)8-6-2/h5-6,11,13H,1-2,7-10H2,3-4H3/t11-,13+/m0/s1. The van der Waals surface area contributed by atoms with Crippen molar-refractivity contribution in [3.8, 4) is 0 Å². The van der Waals surface area contributed by atoms with Crippen LogP contribution in [0.1, 0.15) is 26.7 Å². The average Bonchev–Trinajstić information content (AvgIpc) is 3.01. The smallest absolute Gasteiger partial charge is 0.378 e. The molecular weight excluding hydrogens is 316 g/mol. The van der Waals surface area contributed by atoms with Gasteiger partial charge >= 0.3 is 11.9 Å². The molecule has 2 heterocycles. The van der Waals surface area contributed by atoms with Crippen LogP contribution in [0.2, 0.25) is 0 Å². The highest BCUT2D eigenvalue weighted by Crippen LogP contribution is 2.34. The van der Waals surface area contributed by atoms with Gasteiger partial charge in [0.25, 0.3) is 5.76 Å². The van der Waals surface area contributed by atoms with Gasteiger partial charge in [0.05, 0.1) is 19.6 Å². The highest BCUT2D eigenvalue weighted by Gasteiger charge is 2.48. The number of hydrogen-bond acceptors (Lipinski definition) is 7. The molecule has 1 saturated heterocycles. The molecule has 2 aliphatic heterocycles. The van der Waals surface area contributed by atoms with Crippen LogP contribution in [0.15, 0.2) is 36.8 Å². The fourth-order valence-corrected chi connectivity index (χ4v) is 2.33. The van der Waals surface area contributed by atoms with Crippen molar-refractivity contribution < 1.29 is 33.3 Å². The summed E-state index contributed by atoms with van der Waals surface area (Å²) in [5.74, 6) is -2.27. The molecule has 0 amide bonds. The Morgan fingerprint density at radius 3 is 2.71 bits per heavy atom. The van der Waals surface area contributed by atoms with Crippen LogP contribution in [0.4, 0.5) is 0 Å². The maximum Gasteiger partial charge on any atom is 0.378 e. The maximum atomic E-state index is 12.1. The van der Waals surface area contributed by atoms with Gasteiger partial charge in [-0.25, -0.2) is 4.79 Å². The second-order valence-corrected chi connectivity index (χ2v) is 5.78. The monoisotopic (exact) mass is 338 g/mol. The van der Waals surface area contributed by atoms with Crippen LogP contribution in [0, 0.1) is 0 Å². The van der Waals surface area contributed by atoms with Crippen molar-refractivity contribution in [3.63, 3.8) is 0 Å². The van der Waals surface area contributed by atoms with E-state index in [-0.39, 0.29) is 31.2 Å². The summed E-state index contributed by atoms with van der Waals surface area (Å²) >= 11 is 0. The molecule has 0 saturated carbocycles. The summed E-state index contributed by atoms with van der Waals surface area (Å²) in [6, 6.07) is 0. The number of cyclic esters (lactones) is 1. The Kier molecular flexibility index (Phi) is 5.80. The first-order valence-corrected chi connectivity index (χ1v) is 7.70. The van der Waals surface area contributed by atoms with Gasteiger partial charge in [0.1, 0.15) is 6.10 Å². The number of esters is 2. The van der Waals surface area contributed by atoms with E-state index in [2.05, 4.69) is 13.2 Å². The molecule has 0 aliphatic carbocycles. The molecule has 0 aromatic heterocycles. The van der Waals surface area contributed by atoms with E-state index in [4.69, 9.17) is 23.7 Å². The molecule has 132 valence electrons. The molecule has 0 radical (unpaired) electrons. The molecule has 2 atom stereocenters. The summed E-state index contributed by atoms with van der Waals surface area (Å²) in [4.78, 5) is 23.8. The van der Waals surface area contributed by atoms with Crippen LogP contribution in [0.5, 0.6) is 0 Å². The summed E-state index contributed by atoms with van der Waals surface area (Å²) in [6.45, 7) is 11.1. The Hall–Kier alpha value is -2.12. The van der Waals surface area contributed by atoms with Crippen LogP contribution in [-0.4, -0.2) is 43.1 Å². The van der Waals surface area contributed by atoms with Crippen molar-refractivity contribution >= 4 is 11.9 Å². The minimum Gasteiger partial charge on any atom is -0.490 e. The minimum absolute atomic E-state index is 0.0303. The molecular formula is C17H22O7. The van der Waals surface area contributed by atoms with E-state index in [9.17, 15) is 9.59 Å². The predicted molar refractivity (Wildman–Crippen MR) is 83.5 cm³/mol. The lowest BCUT2D eigenvalue weighted by Crippen LogP contribution is -2.33. The number of hydrogen-bond donors (Lipinski definition) is 0. The SMILES string of the molecule is C=CCCOC1=C(OC(=O)CC=C)C(=O)O[C@@H]1[C@@H]1COC(C)(C)O1. The van der Waals surface area contributed by atoms with Crippen LogP contribution in [0.3, 0.4) is 0 Å². The molecule has 24 heavy (non-hydrogen) atoms. The number of rotatable bonds is 8. The molecule has 0 unspecified atom stereocenters. The van der Waals surface area contributed by atoms with Gasteiger partial charge in [-0.3, -0.25) is 4.79 Å². The average molecular weight is 338 g/mol. The minimum atomic E-state index is -0.823. The Morgan fingerprint density at radius 1 is 1.38 bits per heavy atom. The second kappa shape index (κ2) is 7.63. The van der Waals surface area contributed by atoms with Crippen molar-refractivity contribution in [2.24, 2.45) is 0 Å². The summed E-state index contributed by atoms with van der Waals surface area (Å²) in [6.07, 6.45) is 2.22. The quantitative estimate of drug-likeness (QED) is 0.380. The molecule has 0 N–H and O–H groups in total. The van der Waals surface area contributed by atoms with E-state index in [1.807, 2.05) is 0 Å². The first-order valence-electron chi connectivity index (χ1n) is 7.70. The third-order valence-corrected chi connectivity index (χ3v) is 3.38. The van der Waals surface area contributed by atoms with Crippen LogP contribution in [0.25, 0.3) is 0 Å². The third kappa shape index (κ3) is 4.24. The van der Waals surface area contributed by atoms with Gasteiger partial charge in [0.2, 0.25) is 0 Å². The molecule has 1 fully saturated rings. The van der Waals surface area contributed by atoms with E-state index in [0.29, 0.717) is 6.42 Å². The van der Waals surface area contributed by atoms with Crippen molar-refractivity contribution in [3.05, 3.63) is 36.8 Å². The van der Waals surface area contributed by atoms with E-state index in [1.54, 1.807) is 19.9 Å². The Labute approximate surface area is 140 Å². The Bertz CT molecular complexity index is 561. The Morgan fingerprint density at radius 2 is 2.12 bits per heavy atom. The zero-order valence-electron chi connectivity index (χ0n) is 13.9. The molecule has 7 nitrogen and oxygen atoms in total. The van der Waals surface area contributed by atoms with Crippen LogP contribution >= 0.6 is 0 Å². The highest BCUT2D eigenvalue weighted by atomic mass is 16.8. The lowest BCUT2D eigenvalue weighted by molar-refractivity contribution is -0.164. The summed E-state index contributed by atoms with van der Waals surface area (Å²) < 4.78 is 27.2.